The highest BCUT2D eigenvalue weighted by Gasteiger charge is 2.06. The second kappa shape index (κ2) is 10.0. The maximum atomic E-state index is 4.57. The van der Waals surface area contributed by atoms with E-state index in [-0.39, 0.29) is 0 Å². The minimum atomic E-state index is 0.700. The van der Waals surface area contributed by atoms with E-state index in [0.29, 0.717) is 6.54 Å². The molecule has 0 saturated carbocycles. The van der Waals surface area contributed by atoms with Crippen LogP contribution in [0.3, 0.4) is 0 Å². The average Bonchev–Trinajstić information content (AvgIpc) is 3.09. The Morgan fingerprint density at radius 3 is 2.76 bits per heavy atom. The number of aliphatic imine (C=N–C) groups is 1. The van der Waals surface area contributed by atoms with Crippen LogP contribution in [-0.4, -0.2) is 37.6 Å². The Morgan fingerprint density at radius 2 is 2.12 bits per heavy atom. The highest BCUT2D eigenvalue weighted by atomic mass is 32.1. The van der Waals surface area contributed by atoms with Crippen molar-refractivity contribution in [1.82, 2.24) is 15.6 Å². The van der Waals surface area contributed by atoms with Crippen LogP contribution in [0.2, 0.25) is 0 Å². The van der Waals surface area contributed by atoms with Crippen LogP contribution in [0.15, 0.2) is 34.6 Å². The number of thiazole rings is 1. The fourth-order valence-electron chi connectivity index (χ4n) is 2.59. The third-order valence-corrected chi connectivity index (χ3v) is 5.03. The first kappa shape index (κ1) is 19.2. The highest BCUT2D eigenvalue weighted by molar-refractivity contribution is 7.09. The second-order valence-corrected chi connectivity index (χ2v) is 6.80. The summed E-state index contributed by atoms with van der Waals surface area (Å²) in [6.45, 7) is 9.88. The summed E-state index contributed by atoms with van der Waals surface area (Å²) in [7, 11) is 1.80. The van der Waals surface area contributed by atoms with Crippen molar-refractivity contribution in [2.24, 2.45) is 4.99 Å². The topological polar surface area (TPSA) is 52.6 Å². The number of likely N-dealkylation sites (N-methyl/N-ethyl adjacent to an activating group) is 1. The van der Waals surface area contributed by atoms with Crippen LogP contribution in [0.4, 0.5) is 5.69 Å². The van der Waals surface area contributed by atoms with Gasteiger partial charge in [0, 0.05) is 37.7 Å². The lowest BCUT2D eigenvalue weighted by Gasteiger charge is -2.24. The van der Waals surface area contributed by atoms with E-state index >= 15 is 0 Å². The number of hydrogen-bond acceptors (Lipinski definition) is 4. The van der Waals surface area contributed by atoms with Gasteiger partial charge >= 0.3 is 0 Å². The Bertz CT molecular complexity index is 680. The quantitative estimate of drug-likeness (QED) is 0.561. The van der Waals surface area contributed by atoms with Crippen LogP contribution in [0.1, 0.15) is 30.1 Å². The summed E-state index contributed by atoms with van der Waals surface area (Å²) < 4.78 is 0. The molecule has 1 aromatic heterocycles. The first-order valence-corrected chi connectivity index (χ1v) is 9.73. The normalized spacial score (nSPS) is 11.4. The van der Waals surface area contributed by atoms with Crippen molar-refractivity contribution in [3.8, 4) is 0 Å². The van der Waals surface area contributed by atoms with E-state index in [9.17, 15) is 0 Å². The summed E-state index contributed by atoms with van der Waals surface area (Å²) in [6.07, 6.45) is 0.990. The van der Waals surface area contributed by atoms with E-state index in [1.807, 2.05) is 0 Å². The number of aromatic nitrogens is 1. The summed E-state index contributed by atoms with van der Waals surface area (Å²) in [5.41, 5.74) is 3.62. The van der Waals surface area contributed by atoms with Gasteiger partial charge in [0.1, 0.15) is 0 Å². The number of rotatable bonds is 8. The average molecular weight is 360 g/mol. The van der Waals surface area contributed by atoms with Crippen molar-refractivity contribution in [1.29, 1.82) is 0 Å². The molecule has 1 aromatic carbocycles. The molecule has 0 bridgehead atoms. The molecule has 25 heavy (non-hydrogen) atoms. The zero-order valence-electron chi connectivity index (χ0n) is 15.7. The molecule has 0 aliphatic heterocycles. The van der Waals surface area contributed by atoms with Crippen molar-refractivity contribution >= 4 is 23.0 Å². The largest absolute Gasteiger partial charge is 0.370 e. The molecule has 136 valence electrons. The first-order chi connectivity index (χ1) is 12.2. The Kier molecular flexibility index (Phi) is 7.73. The predicted molar refractivity (Wildman–Crippen MR) is 109 cm³/mol. The number of nitrogens with zero attached hydrogens (tertiary/aromatic N) is 3. The van der Waals surface area contributed by atoms with Crippen molar-refractivity contribution in [2.75, 3.05) is 31.6 Å². The van der Waals surface area contributed by atoms with E-state index in [1.54, 1.807) is 18.4 Å². The molecule has 0 aliphatic carbocycles. The summed E-state index contributed by atoms with van der Waals surface area (Å²) in [4.78, 5) is 11.2. The molecule has 0 saturated heterocycles. The zero-order chi connectivity index (χ0) is 18.1. The molecule has 0 fully saturated rings. The third kappa shape index (κ3) is 6.05. The number of nitrogens with one attached hydrogen (secondary N) is 2. The van der Waals surface area contributed by atoms with Gasteiger partial charge in [-0.05, 0) is 38.0 Å². The van der Waals surface area contributed by atoms with Crippen LogP contribution >= 0.6 is 11.3 Å². The number of guanidine groups is 1. The number of benzene rings is 1. The van der Waals surface area contributed by atoms with Crippen molar-refractivity contribution in [2.45, 2.75) is 33.7 Å². The Morgan fingerprint density at radius 1 is 1.28 bits per heavy atom. The second-order valence-electron chi connectivity index (χ2n) is 5.86. The standard InChI is InChI=1S/C19H29N5S/c1-5-18-23-16(14-25-18)13-22-19(20-4)21-10-11-24(6-2)17-9-7-8-15(3)12-17/h7-9,12,14H,5-6,10-11,13H2,1-4H3,(H2,20,21,22). The summed E-state index contributed by atoms with van der Waals surface area (Å²) in [5.74, 6) is 0.811. The Labute approximate surface area is 155 Å². The lowest BCUT2D eigenvalue weighted by molar-refractivity contribution is 0.746. The van der Waals surface area contributed by atoms with E-state index in [1.165, 1.54) is 16.3 Å². The van der Waals surface area contributed by atoms with E-state index in [0.717, 1.165) is 37.7 Å². The van der Waals surface area contributed by atoms with Gasteiger partial charge in [0.05, 0.1) is 17.2 Å². The minimum Gasteiger partial charge on any atom is -0.370 e. The highest BCUT2D eigenvalue weighted by Crippen LogP contribution is 2.15. The van der Waals surface area contributed by atoms with Gasteiger partial charge in [0.15, 0.2) is 5.96 Å². The molecule has 1 heterocycles. The van der Waals surface area contributed by atoms with E-state index in [4.69, 9.17) is 0 Å². The summed E-state index contributed by atoms with van der Waals surface area (Å²) in [6, 6.07) is 8.63. The molecular weight excluding hydrogens is 330 g/mol. The number of anilines is 1. The first-order valence-electron chi connectivity index (χ1n) is 8.85. The van der Waals surface area contributed by atoms with Crippen molar-refractivity contribution in [3.05, 3.63) is 45.9 Å². The third-order valence-electron chi connectivity index (χ3n) is 3.99. The number of aryl methyl sites for hydroxylation is 2. The van der Waals surface area contributed by atoms with Gasteiger partial charge < -0.3 is 15.5 Å². The zero-order valence-corrected chi connectivity index (χ0v) is 16.5. The van der Waals surface area contributed by atoms with Gasteiger partial charge in [-0.1, -0.05) is 19.1 Å². The van der Waals surface area contributed by atoms with Gasteiger partial charge in [-0.25, -0.2) is 4.98 Å². The van der Waals surface area contributed by atoms with E-state index < -0.39 is 0 Å². The number of hydrogen-bond donors (Lipinski definition) is 2. The fraction of sp³-hybridized carbons (Fsp3) is 0.474. The van der Waals surface area contributed by atoms with E-state index in [2.05, 4.69) is 75.9 Å². The van der Waals surface area contributed by atoms with Gasteiger partial charge in [0.2, 0.25) is 0 Å². The van der Waals surface area contributed by atoms with Crippen LogP contribution in [0.25, 0.3) is 0 Å². The molecule has 2 N–H and O–H groups in total. The predicted octanol–water partition coefficient (Wildman–Crippen LogP) is 3.21. The summed E-state index contributed by atoms with van der Waals surface area (Å²) in [5, 5.41) is 9.99. The SMILES string of the molecule is CCc1nc(CNC(=NC)NCCN(CC)c2cccc(C)c2)cs1. The van der Waals surface area contributed by atoms with Crippen molar-refractivity contribution in [3.63, 3.8) is 0 Å². The molecule has 6 heteroatoms. The van der Waals surface area contributed by atoms with Gasteiger partial charge in [-0.3, -0.25) is 4.99 Å². The van der Waals surface area contributed by atoms with Gasteiger partial charge in [-0.2, -0.15) is 0 Å². The molecule has 0 spiro atoms. The molecule has 0 unspecified atom stereocenters. The molecular formula is C19H29N5S. The molecule has 0 aliphatic rings. The van der Waals surface area contributed by atoms with Crippen LogP contribution in [-0.2, 0) is 13.0 Å². The maximum Gasteiger partial charge on any atom is 0.191 e. The van der Waals surface area contributed by atoms with Crippen LogP contribution in [0.5, 0.6) is 0 Å². The van der Waals surface area contributed by atoms with Crippen LogP contribution in [0, 0.1) is 6.92 Å². The lowest BCUT2D eigenvalue weighted by atomic mass is 10.2. The fourth-order valence-corrected chi connectivity index (χ4v) is 3.34. The molecule has 5 nitrogen and oxygen atoms in total. The van der Waals surface area contributed by atoms with Gasteiger partial charge in [0.25, 0.3) is 0 Å². The molecule has 0 radical (unpaired) electrons. The van der Waals surface area contributed by atoms with Gasteiger partial charge in [-0.15, -0.1) is 11.3 Å². The van der Waals surface area contributed by atoms with Crippen molar-refractivity contribution < 1.29 is 0 Å². The molecule has 0 atom stereocenters. The molecule has 2 rings (SSSR count). The monoisotopic (exact) mass is 359 g/mol. The lowest BCUT2D eigenvalue weighted by Crippen LogP contribution is -2.41. The Hall–Kier alpha value is -2.08. The Balaban J connectivity index is 1.79. The maximum absolute atomic E-state index is 4.57. The summed E-state index contributed by atoms with van der Waals surface area (Å²) >= 11 is 1.71. The molecule has 2 aromatic rings. The molecule has 0 amide bonds. The van der Waals surface area contributed by atoms with Crippen LogP contribution < -0.4 is 15.5 Å². The minimum absolute atomic E-state index is 0.700. The smallest absolute Gasteiger partial charge is 0.191 e.